The van der Waals surface area contributed by atoms with Crippen molar-refractivity contribution >= 4 is 5.91 Å². The Morgan fingerprint density at radius 1 is 1.30 bits per heavy atom. The number of benzene rings is 1. The van der Waals surface area contributed by atoms with Crippen LogP contribution in [0.1, 0.15) is 36.8 Å². The van der Waals surface area contributed by atoms with Crippen molar-refractivity contribution in [1.82, 2.24) is 10.2 Å². The summed E-state index contributed by atoms with van der Waals surface area (Å²) in [5.74, 6) is 0.248. The Balaban J connectivity index is 1.74. The second-order valence-electron chi connectivity index (χ2n) is 5.91. The van der Waals surface area contributed by atoms with Crippen molar-refractivity contribution in [2.24, 2.45) is 0 Å². The highest BCUT2D eigenvalue weighted by Crippen LogP contribution is 2.10. The number of piperidine rings is 1. The van der Waals surface area contributed by atoms with Crippen molar-refractivity contribution in [1.29, 1.82) is 0 Å². The average Bonchev–Trinajstić information content (AvgIpc) is 2.47. The van der Waals surface area contributed by atoms with Crippen LogP contribution in [0.4, 0.5) is 0 Å². The fourth-order valence-corrected chi connectivity index (χ4v) is 2.71. The molecule has 3 nitrogen and oxygen atoms in total. The zero-order valence-corrected chi connectivity index (χ0v) is 12.7. The summed E-state index contributed by atoms with van der Waals surface area (Å²) < 4.78 is 0. The minimum atomic E-state index is 0.248. The van der Waals surface area contributed by atoms with E-state index in [0.717, 1.165) is 19.5 Å². The van der Waals surface area contributed by atoms with E-state index in [9.17, 15) is 4.79 Å². The van der Waals surface area contributed by atoms with Gasteiger partial charge >= 0.3 is 0 Å². The summed E-state index contributed by atoms with van der Waals surface area (Å²) >= 11 is 0. The lowest BCUT2D eigenvalue weighted by Crippen LogP contribution is -2.44. The molecular formula is C17H26N2O. The van der Waals surface area contributed by atoms with Gasteiger partial charge in [0.25, 0.3) is 0 Å². The quantitative estimate of drug-likeness (QED) is 0.895. The van der Waals surface area contributed by atoms with E-state index in [1.165, 1.54) is 30.4 Å². The maximum Gasteiger partial charge on any atom is 0.222 e. The largest absolute Gasteiger partial charge is 0.344 e. The molecule has 110 valence electrons. The minimum Gasteiger partial charge on any atom is -0.344 e. The molecule has 1 aliphatic rings. The highest BCUT2D eigenvalue weighted by atomic mass is 16.2. The lowest BCUT2D eigenvalue weighted by molar-refractivity contribution is -0.130. The zero-order valence-electron chi connectivity index (χ0n) is 12.7. The van der Waals surface area contributed by atoms with Crippen LogP contribution in [0.25, 0.3) is 0 Å². The van der Waals surface area contributed by atoms with Crippen LogP contribution in [0.5, 0.6) is 0 Å². The Kier molecular flexibility index (Phi) is 5.60. The number of carbonyl (C=O) groups excluding carboxylic acids is 1. The van der Waals surface area contributed by atoms with Crippen LogP contribution < -0.4 is 5.32 Å². The molecule has 1 amide bonds. The van der Waals surface area contributed by atoms with Gasteiger partial charge in [0.1, 0.15) is 0 Å². The first kappa shape index (κ1) is 15.0. The van der Waals surface area contributed by atoms with Gasteiger partial charge in [-0.15, -0.1) is 0 Å². The van der Waals surface area contributed by atoms with E-state index in [2.05, 4.69) is 36.5 Å². The number of carbonyl (C=O) groups is 1. The van der Waals surface area contributed by atoms with Crippen molar-refractivity contribution < 1.29 is 4.79 Å². The van der Waals surface area contributed by atoms with Crippen LogP contribution in [0.15, 0.2) is 24.3 Å². The maximum absolute atomic E-state index is 12.2. The molecule has 3 heteroatoms. The molecule has 20 heavy (non-hydrogen) atoms. The average molecular weight is 274 g/mol. The molecule has 1 heterocycles. The summed E-state index contributed by atoms with van der Waals surface area (Å²) in [6.07, 6.45) is 5.17. The first-order chi connectivity index (χ1) is 9.65. The number of hydrogen-bond acceptors (Lipinski definition) is 2. The third kappa shape index (κ3) is 4.64. The number of likely N-dealkylation sites (N-methyl/N-ethyl adjacent to an activating group) is 1. The van der Waals surface area contributed by atoms with E-state index >= 15 is 0 Å². The fourth-order valence-electron chi connectivity index (χ4n) is 2.71. The molecule has 0 bridgehead atoms. The number of nitrogens with zero attached hydrogens (tertiary/aromatic N) is 1. The van der Waals surface area contributed by atoms with Gasteiger partial charge in [-0.1, -0.05) is 36.2 Å². The fraction of sp³-hybridized carbons (Fsp3) is 0.588. The van der Waals surface area contributed by atoms with E-state index in [0.29, 0.717) is 12.5 Å². The predicted molar refractivity (Wildman–Crippen MR) is 82.8 cm³/mol. The van der Waals surface area contributed by atoms with Crippen molar-refractivity contribution in [3.63, 3.8) is 0 Å². The smallest absolute Gasteiger partial charge is 0.222 e. The van der Waals surface area contributed by atoms with Gasteiger partial charge in [0.2, 0.25) is 5.91 Å². The van der Waals surface area contributed by atoms with E-state index in [1.807, 2.05) is 11.9 Å². The van der Waals surface area contributed by atoms with Gasteiger partial charge in [0.15, 0.2) is 0 Å². The summed E-state index contributed by atoms with van der Waals surface area (Å²) in [4.78, 5) is 14.0. The van der Waals surface area contributed by atoms with Crippen molar-refractivity contribution in [3.05, 3.63) is 35.4 Å². The first-order valence-electron chi connectivity index (χ1n) is 7.68. The molecule has 1 unspecified atom stereocenters. The summed E-state index contributed by atoms with van der Waals surface area (Å²) in [5, 5.41) is 3.49. The van der Waals surface area contributed by atoms with E-state index in [-0.39, 0.29) is 5.91 Å². The molecule has 1 N–H and O–H groups in total. The summed E-state index contributed by atoms with van der Waals surface area (Å²) in [5.41, 5.74) is 2.51. The topological polar surface area (TPSA) is 32.3 Å². The maximum atomic E-state index is 12.2. The third-order valence-corrected chi connectivity index (χ3v) is 4.08. The molecule has 0 aliphatic carbocycles. The lowest BCUT2D eigenvalue weighted by atomic mass is 10.0. The van der Waals surface area contributed by atoms with Crippen LogP contribution in [-0.2, 0) is 11.2 Å². The van der Waals surface area contributed by atoms with Gasteiger partial charge in [-0.05, 0) is 38.3 Å². The number of aryl methyl sites for hydroxylation is 2. The standard InChI is InChI=1S/C17H26N2O/c1-14-6-8-15(9-7-14)10-11-17(20)19(2)13-16-5-3-4-12-18-16/h6-9,16,18H,3-5,10-13H2,1-2H3. The molecule has 1 aromatic rings. The Bertz CT molecular complexity index is 421. The molecule has 1 fully saturated rings. The second kappa shape index (κ2) is 7.44. The monoisotopic (exact) mass is 274 g/mol. The zero-order chi connectivity index (χ0) is 14.4. The Morgan fingerprint density at radius 3 is 2.70 bits per heavy atom. The van der Waals surface area contributed by atoms with Crippen LogP contribution in [0.2, 0.25) is 0 Å². The SMILES string of the molecule is Cc1ccc(CCC(=O)N(C)CC2CCCCN2)cc1. The van der Waals surface area contributed by atoms with Gasteiger partial charge in [-0.2, -0.15) is 0 Å². The van der Waals surface area contributed by atoms with E-state index in [1.54, 1.807) is 0 Å². The number of amides is 1. The molecule has 1 aromatic carbocycles. The minimum absolute atomic E-state index is 0.248. The highest BCUT2D eigenvalue weighted by Gasteiger charge is 2.17. The summed E-state index contributed by atoms with van der Waals surface area (Å²) in [6.45, 7) is 4.02. The highest BCUT2D eigenvalue weighted by molar-refractivity contribution is 5.76. The van der Waals surface area contributed by atoms with Gasteiger partial charge < -0.3 is 10.2 Å². The summed E-state index contributed by atoms with van der Waals surface area (Å²) in [6, 6.07) is 8.93. The molecule has 1 saturated heterocycles. The molecular weight excluding hydrogens is 248 g/mol. The van der Waals surface area contributed by atoms with Crippen molar-refractivity contribution in [2.45, 2.75) is 45.1 Å². The normalized spacial score (nSPS) is 18.8. The molecule has 0 aromatic heterocycles. The Hall–Kier alpha value is -1.35. The second-order valence-corrected chi connectivity index (χ2v) is 5.91. The molecule has 0 saturated carbocycles. The molecule has 2 rings (SSSR count). The molecule has 1 atom stereocenters. The molecule has 0 spiro atoms. The van der Waals surface area contributed by atoms with Crippen LogP contribution in [0, 0.1) is 6.92 Å². The van der Waals surface area contributed by atoms with Gasteiger partial charge in [0, 0.05) is 26.1 Å². The number of nitrogens with one attached hydrogen (secondary N) is 1. The third-order valence-electron chi connectivity index (χ3n) is 4.08. The van der Waals surface area contributed by atoms with Gasteiger partial charge in [-0.25, -0.2) is 0 Å². The number of hydrogen-bond donors (Lipinski definition) is 1. The predicted octanol–water partition coefficient (Wildman–Crippen LogP) is 2.53. The van der Waals surface area contributed by atoms with E-state index in [4.69, 9.17) is 0 Å². The Morgan fingerprint density at radius 2 is 2.05 bits per heavy atom. The van der Waals surface area contributed by atoms with Crippen LogP contribution in [-0.4, -0.2) is 37.0 Å². The van der Waals surface area contributed by atoms with Crippen LogP contribution >= 0.6 is 0 Å². The Labute approximate surface area is 122 Å². The van der Waals surface area contributed by atoms with Gasteiger partial charge in [-0.3, -0.25) is 4.79 Å². The lowest BCUT2D eigenvalue weighted by Gasteiger charge is -2.28. The first-order valence-corrected chi connectivity index (χ1v) is 7.68. The number of rotatable bonds is 5. The van der Waals surface area contributed by atoms with Crippen LogP contribution in [0.3, 0.4) is 0 Å². The van der Waals surface area contributed by atoms with Crippen molar-refractivity contribution in [2.75, 3.05) is 20.1 Å². The summed E-state index contributed by atoms with van der Waals surface area (Å²) in [7, 11) is 1.92. The molecule has 0 radical (unpaired) electrons. The molecule has 1 aliphatic heterocycles. The van der Waals surface area contributed by atoms with Crippen molar-refractivity contribution in [3.8, 4) is 0 Å². The van der Waals surface area contributed by atoms with Gasteiger partial charge in [0.05, 0.1) is 0 Å². The van der Waals surface area contributed by atoms with E-state index < -0.39 is 0 Å².